The molecule has 0 aromatic heterocycles. The Morgan fingerprint density at radius 2 is 1.52 bits per heavy atom. The van der Waals surface area contributed by atoms with Gasteiger partial charge < -0.3 is 14.5 Å². The summed E-state index contributed by atoms with van der Waals surface area (Å²) in [6.07, 6.45) is 2.54. The highest BCUT2D eigenvalue weighted by Gasteiger charge is 2.28. The third-order valence-electron chi connectivity index (χ3n) is 5.95. The fourth-order valence-corrected chi connectivity index (χ4v) is 4.36. The Kier molecular flexibility index (Phi) is 7.43. The second-order valence-corrected chi connectivity index (χ2v) is 7.96. The van der Waals surface area contributed by atoms with Gasteiger partial charge in [0, 0.05) is 50.2 Å². The molecule has 4 heteroatoms. The summed E-state index contributed by atoms with van der Waals surface area (Å²) < 4.78 is 6.18. The molecule has 1 unspecified atom stereocenters. The monoisotopic (exact) mass is 395 g/mol. The van der Waals surface area contributed by atoms with E-state index < -0.39 is 0 Å². The molecule has 1 atom stereocenters. The van der Waals surface area contributed by atoms with Gasteiger partial charge in [0.05, 0.1) is 12.6 Å². The number of ether oxygens (including phenoxy) is 1. The molecule has 158 valence electrons. The molecule has 0 aliphatic carbocycles. The zero-order valence-corrected chi connectivity index (χ0v) is 18.8. The lowest BCUT2D eigenvalue weighted by molar-refractivity contribution is 0.267. The summed E-state index contributed by atoms with van der Waals surface area (Å²) in [5.41, 5.74) is 5.09. The third kappa shape index (κ3) is 4.87. The molecule has 1 aliphatic rings. The van der Waals surface area contributed by atoms with Crippen LogP contribution in [-0.4, -0.2) is 51.8 Å². The van der Waals surface area contributed by atoms with Gasteiger partial charge in [0.25, 0.3) is 0 Å². The van der Waals surface area contributed by atoms with Crippen LogP contribution < -0.4 is 14.5 Å². The standard InChI is InChI=1S/C25H37N3O/c1-6-27(7-2)22-15-16-23(24(19-22)29-8-3)25(28-17-9-10-18-28)20-11-13-21(14-12-20)26(4)5/h11-16,19,25H,6-10,17-18H2,1-5H3. The first-order valence-electron chi connectivity index (χ1n) is 11.1. The van der Waals surface area contributed by atoms with E-state index in [0.717, 1.165) is 31.9 Å². The second-order valence-electron chi connectivity index (χ2n) is 7.96. The SMILES string of the molecule is CCOc1cc(N(CC)CC)ccc1C(c1ccc(N(C)C)cc1)N1CCCC1. The Morgan fingerprint density at radius 1 is 0.897 bits per heavy atom. The van der Waals surface area contributed by atoms with Gasteiger partial charge in [-0.25, -0.2) is 0 Å². The van der Waals surface area contributed by atoms with Crippen molar-refractivity contribution in [1.29, 1.82) is 0 Å². The maximum atomic E-state index is 6.18. The van der Waals surface area contributed by atoms with Crippen LogP contribution in [0.2, 0.25) is 0 Å². The van der Waals surface area contributed by atoms with Gasteiger partial charge in [0.1, 0.15) is 5.75 Å². The van der Waals surface area contributed by atoms with Crippen molar-refractivity contribution in [3.05, 3.63) is 53.6 Å². The molecule has 0 N–H and O–H groups in total. The maximum Gasteiger partial charge on any atom is 0.126 e. The summed E-state index contributed by atoms with van der Waals surface area (Å²) in [4.78, 5) is 7.14. The zero-order chi connectivity index (χ0) is 20.8. The summed E-state index contributed by atoms with van der Waals surface area (Å²) in [5.74, 6) is 1.02. The van der Waals surface area contributed by atoms with E-state index in [0.29, 0.717) is 6.61 Å². The molecule has 0 amide bonds. The summed E-state index contributed by atoms with van der Waals surface area (Å²) in [5, 5.41) is 0. The van der Waals surface area contributed by atoms with Crippen LogP contribution in [0.1, 0.15) is 50.8 Å². The summed E-state index contributed by atoms with van der Waals surface area (Å²) in [6, 6.07) is 16.1. The van der Waals surface area contributed by atoms with Crippen LogP contribution in [0.25, 0.3) is 0 Å². The van der Waals surface area contributed by atoms with Gasteiger partial charge >= 0.3 is 0 Å². The molecule has 29 heavy (non-hydrogen) atoms. The van der Waals surface area contributed by atoms with Crippen molar-refractivity contribution < 1.29 is 4.74 Å². The molecule has 0 radical (unpaired) electrons. The number of hydrogen-bond donors (Lipinski definition) is 0. The summed E-state index contributed by atoms with van der Waals surface area (Å²) in [7, 11) is 4.18. The predicted molar refractivity (Wildman–Crippen MR) is 125 cm³/mol. The van der Waals surface area contributed by atoms with Crippen LogP contribution in [0, 0.1) is 0 Å². The predicted octanol–water partition coefficient (Wildman–Crippen LogP) is 5.18. The fourth-order valence-electron chi connectivity index (χ4n) is 4.36. The van der Waals surface area contributed by atoms with Crippen molar-refractivity contribution in [2.24, 2.45) is 0 Å². The van der Waals surface area contributed by atoms with Crippen LogP contribution in [0.3, 0.4) is 0 Å². The molecule has 1 heterocycles. The highest BCUT2D eigenvalue weighted by molar-refractivity contribution is 5.56. The average Bonchev–Trinajstić information content (AvgIpc) is 3.25. The Bertz CT molecular complexity index is 762. The molecule has 4 nitrogen and oxygen atoms in total. The lowest BCUT2D eigenvalue weighted by atomic mass is 9.95. The molecular formula is C25H37N3O. The molecule has 2 aromatic carbocycles. The highest BCUT2D eigenvalue weighted by Crippen LogP contribution is 2.39. The van der Waals surface area contributed by atoms with Gasteiger partial charge in [-0.3, -0.25) is 4.90 Å². The molecule has 0 spiro atoms. The summed E-state index contributed by atoms with van der Waals surface area (Å²) in [6.45, 7) is 11.5. The van der Waals surface area contributed by atoms with Crippen molar-refractivity contribution >= 4 is 11.4 Å². The first-order valence-corrected chi connectivity index (χ1v) is 11.1. The van der Waals surface area contributed by atoms with Crippen LogP contribution in [0.15, 0.2) is 42.5 Å². The number of anilines is 2. The normalized spacial score (nSPS) is 15.3. The van der Waals surface area contributed by atoms with Crippen LogP contribution >= 0.6 is 0 Å². The lowest BCUT2D eigenvalue weighted by Crippen LogP contribution is -2.27. The summed E-state index contributed by atoms with van der Waals surface area (Å²) >= 11 is 0. The Balaban J connectivity index is 2.04. The van der Waals surface area contributed by atoms with E-state index in [4.69, 9.17) is 4.74 Å². The smallest absolute Gasteiger partial charge is 0.126 e. The highest BCUT2D eigenvalue weighted by atomic mass is 16.5. The molecule has 1 saturated heterocycles. The number of hydrogen-bond acceptors (Lipinski definition) is 4. The van der Waals surface area contributed by atoms with E-state index in [9.17, 15) is 0 Å². The molecule has 0 bridgehead atoms. The minimum Gasteiger partial charge on any atom is -0.493 e. The second kappa shape index (κ2) is 10.0. The Morgan fingerprint density at radius 3 is 2.07 bits per heavy atom. The number of benzene rings is 2. The first kappa shape index (κ1) is 21.5. The van der Waals surface area contributed by atoms with Gasteiger partial charge in [-0.2, -0.15) is 0 Å². The average molecular weight is 396 g/mol. The van der Waals surface area contributed by atoms with E-state index in [1.54, 1.807) is 0 Å². The number of likely N-dealkylation sites (tertiary alicyclic amines) is 1. The third-order valence-corrected chi connectivity index (χ3v) is 5.95. The topological polar surface area (TPSA) is 19.0 Å². The largest absolute Gasteiger partial charge is 0.493 e. The van der Waals surface area contributed by atoms with Crippen molar-refractivity contribution in [3.63, 3.8) is 0 Å². The van der Waals surface area contributed by atoms with E-state index >= 15 is 0 Å². The molecule has 3 rings (SSSR count). The molecule has 2 aromatic rings. The lowest BCUT2D eigenvalue weighted by Gasteiger charge is -2.31. The van der Waals surface area contributed by atoms with Crippen LogP contribution in [0.4, 0.5) is 11.4 Å². The minimum atomic E-state index is 0.237. The van der Waals surface area contributed by atoms with Crippen molar-refractivity contribution in [2.45, 2.75) is 39.7 Å². The molecular weight excluding hydrogens is 358 g/mol. The zero-order valence-electron chi connectivity index (χ0n) is 18.8. The maximum absolute atomic E-state index is 6.18. The van der Waals surface area contributed by atoms with Crippen LogP contribution in [-0.2, 0) is 0 Å². The van der Waals surface area contributed by atoms with Crippen molar-refractivity contribution in [1.82, 2.24) is 4.90 Å². The van der Waals surface area contributed by atoms with Crippen molar-refractivity contribution in [2.75, 3.05) is 56.7 Å². The van der Waals surface area contributed by atoms with E-state index in [1.807, 2.05) is 0 Å². The van der Waals surface area contributed by atoms with Gasteiger partial charge in [0.15, 0.2) is 0 Å². The number of nitrogens with zero attached hydrogens (tertiary/aromatic N) is 3. The van der Waals surface area contributed by atoms with E-state index in [2.05, 4.69) is 92.0 Å². The fraction of sp³-hybridized carbons (Fsp3) is 0.520. The number of rotatable bonds is 9. The molecule has 1 fully saturated rings. The van der Waals surface area contributed by atoms with Gasteiger partial charge in [-0.15, -0.1) is 0 Å². The van der Waals surface area contributed by atoms with E-state index in [-0.39, 0.29) is 6.04 Å². The molecule has 0 saturated carbocycles. The van der Waals surface area contributed by atoms with Gasteiger partial charge in [-0.05, 0) is 70.5 Å². The van der Waals surface area contributed by atoms with E-state index in [1.165, 1.54) is 35.3 Å². The minimum absolute atomic E-state index is 0.237. The van der Waals surface area contributed by atoms with Gasteiger partial charge in [0.2, 0.25) is 0 Å². The Labute approximate surface area is 177 Å². The quantitative estimate of drug-likeness (QED) is 0.582. The Hall–Kier alpha value is -2.20. The first-order chi connectivity index (χ1) is 14.1. The van der Waals surface area contributed by atoms with Crippen LogP contribution in [0.5, 0.6) is 5.75 Å². The molecule has 1 aliphatic heterocycles. The van der Waals surface area contributed by atoms with Gasteiger partial charge in [-0.1, -0.05) is 18.2 Å². The van der Waals surface area contributed by atoms with Crippen molar-refractivity contribution in [3.8, 4) is 5.75 Å².